The third kappa shape index (κ3) is 7.27. The number of nitrogens with one attached hydrogen (secondary N) is 1. The largest absolute Gasteiger partial charge is 0.482 e. The molecule has 11 heteroatoms. The van der Waals surface area contributed by atoms with Crippen molar-refractivity contribution in [1.29, 1.82) is 0 Å². The predicted molar refractivity (Wildman–Crippen MR) is 168 cm³/mol. The number of hydrogen-bond donors (Lipinski definition) is 2. The molecule has 6 rings (SSSR count). The molecule has 0 bridgehead atoms. The average molecular weight is 678 g/mol. The summed E-state index contributed by atoms with van der Waals surface area (Å²) in [6.07, 6.45) is 1.90. The minimum absolute atomic E-state index is 0.0146. The number of carbonyl (C=O) groups excluding carboxylic acids is 2. The SMILES string of the molecule is Cc1ncoc1COc1cc2c(cc1F)CN(C[C@@H](O)CNC(=O)c1ccc3c(c1)CCN(C(=O)c1ccc(Br)cc1)C3)CC2. The van der Waals surface area contributed by atoms with Gasteiger partial charge in [0.25, 0.3) is 11.8 Å². The predicted octanol–water partition coefficient (Wildman–Crippen LogP) is 4.81. The highest BCUT2D eigenvalue weighted by molar-refractivity contribution is 9.10. The summed E-state index contributed by atoms with van der Waals surface area (Å²) >= 11 is 3.40. The molecule has 2 aliphatic heterocycles. The van der Waals surface area contributed by atoms with E-state index in [9.17, 15) is 19.1 Å². The van der Waals surface area contributed by atoms with Crippen LogP contribution in [0.3, 0.4) is 0 Å². The Morgan fingerprint density at radius 3 is 2.56 bits per heavy atom. The Hall–Kier alpha value is -4.06. The number of benzene rings is 3. The summed E-state index contributed by atoms with van der Waals surface area (Å²) in [4.78, 5) is 33.8. The second-order valence-corrected chi connectivity index (χ2v) is 12.4. The molecular weight excluding hydrogens is 643 g/mol. The van der Waals surface area contributed by atoms with E-state index < -0.39 is 11.9 Å². The molecule has 4 aromatic rings. The van der Waals surface area contributed by atoms with Crippen molar-refractivity contribution in [2.75, 3.05) is 26.2 Å². The van der Waals surface area contributed by atoms with Crippen LogP contribution in [-0.4, -0.2) is 64.0 Å². The van der Waals surface area contributed by atoms with Crippen molar-refractivity contribution in [2.45, 2.75) is 45.6 Å². The molecule has 0 fully saturated rings. The summed E-state index contributed by atoms with van der Waals surface area (Å²) in [5.41, 5.74) is 5.80. The van der Waals surface area contributed by atoms with Gasteiger partial charge in [-0.15, -0.1) is 0 Å². The van der Waals surface area contributed by atoms with E-state index in [1.165, 1.54) is 12.5 Å². The van der Waals surface area contributed by atoms with Crippen LogP contribution in [0.4, 0.5) is 4.39 Å². The lowest BCUT2D eigenvalue weighted by Crippen LogP contribution is -2.42. The van der Waals surface area contributed by atoms with Crippen LogP contribution >= 0.6 is 15.9 Å². The van der Waals surface area contributed by atoms with E-state index in [1.807, 2.05) is 41.3 Å². The topological polar surface area (TPSA) is 108 Å². The summed E-state index contributed by atoms with van der Waals surface area (Å²) in [6, 6.07) is 16.1. The monoisotopic (exact) mass is 676 g/mol. The lowest BCUT2D eigenvalue weighted by Gasteiger charge is -2.31. The Balaban J connectivity index is 0.981. The normalized spacial score (nSPS) is 15.2. The van der Waals surface area contributed by atoms with Crippen LogP contribution in [0, 0.1) is 12.7 Å². The van der Waals surface area contributed by atoms with Crippen molar-refractivity contribution in [2.24, 2.45) is 0 Å². The molecule has 0 aliphatic carbocycles. The fourth-order valence-corrected chi connectivity index (χ4v) is 6.07. The zero-order chi connectivity index (χ0) is 31.5. The maximum Gasteiger partial charge on any atom is 0.254 e. The van der Waals surface area contributed by atoms with Gasteiger partial charge in [0.1, 0.15) is 6.61 Å². The van der Waals surface area contributed by atoms with Gasteiger partial charge in [0, 0.05) is 54.9 Å². The van der Waals surface area contributed by atoms with Gasteiger partial charge in [-0.25, -0.2) is 9.37 Å². The zero-order valence-corrected chi connectivity index (χ0v) is 26.5. The minimum atomic E-state index is -0.788. The highest BCUT2D eigenvalue weighted by Gasteiger charge is 2.24. The van der Waals surface area contributed by atoms with Crippen LogP contribution in [0.2, 0.25) is 0 Å². The van der Waals surface area contributed by atoms with Gasteiger partial charge in [-0.05, 0) is 90.6 Å². The second kappa shape index (κ2) is 13.5. The van der Waals surface area contributed by atoms with Gasteiger partial charge in [0.15, 0.2) is 23.7 Å². The van der Waals surface area contributed by atoms with Gasteiger partial charge in [-0.2, -0.15) is 0 Å². The molecule has 3 aromatic carbocycles. The van der Waals surface area contributed by atoms with Crippen LogP contribution in [0.15, 0.2) is 69.9 Å². The van der Waals surface area contributed by atoms with Gasteiger partial charge in [-0.1, -0.05) is 22.0 Å². The summed E-state index contributed by atoms with van der Waals surface area (Å²) in [6.45, 7) is 4.59. The number of hydrogen-bond acceptors (Lipinski definition) is 7. The molecule has 2 N–H and O–H groups in total. The number of rotatable bonds is 9. The van der Waals surface area contributed by atoms with Crippen LogP contribution in [0.5, 0.6) is 5.75 Å². The van der Waals surface area contributed by atoms with Crippen LogP contribution < -0.4 is 10.1 Å². The number of halogens is 2. The molecule has 0 unspecified atom stereocenters. The number of amides is 2. The number of β-amino-alcohol motifs (C(OH)–C–C–N with tert-alkyl or cyclic N) is 1. The van der Waals surface area contributed by atoms with E-state index in [-0.39, 0.29) is 30.7 Å². The van der Waals surface area contributed by atoms with Gasteiger partial charge in [-0.3, -0.25) is 14.5 Å². The van der Waals surface area contributed by atoms with Crippen molar-refractivity contribution < 1.29 is 28.2 Å². The number of ether oxygens (including phenoxy) is 1. The number of fused-ring (bicyclic) bond motifs is 2. The van der Waals surface area contributed by atoms with E-state index in [4.69, 9.17) is 9.15 Å². The highest BCUT2D eigenvalue weighted by atomic mass is 79.9. The van der Waals surface area contributed by atoms with E-state index in [0.29, 0.717) is 68.1 Å². The number of aliphatic hydroxyl groups excluding tert-OH is 1. The fourth-order valence-electron chi connectivity index (χ4n) is 5.81. The quantitative estimate of drug-likeness (QED) is 0.262. The molecular formula is C34H34BrFN4O5. The summed E-state index contributed by atoms with van der Waals surface area (Å²) in [5, 5.41) is 13.5. The van der Waals surface area contributed by atoms with E-state index in [0.717, 1.165) is 26.7 Å². The van der Waals surface area contributed by atoms with E-state index in [1.54, 1.807) is 19.1 Å². The highest BCUT2D eigenvalue weighted by Crippen LogP contribution is 2.28. The lowest BCUT2D eigenvalue weighted by atomic mass is 9.96. The molecule has 0 saturated carbocycles. The molecule has 3 heterocycles. The van der Waals surface area contributed by atoms with Crippen LogP contribution in [-0.2, 0) is 32.5 Å². The molecule has 234 valence electrons. The lowest BCUT2D eigenvalue weighted by molar-refractivity contribution is 0.0734. The van der Waals surface area contributed by atoms with E-state index in [2.05, 4.69) is 31.1 Å². The van der Waals surface area contributed by atoms with Crippen LogP contribution in [0.25, 0.3) is 0 Å². The summed E-state index contributed by atoms with van der Waals surface area (Å²) in [7, 11) is 0. The van der Waals surface area contributed by atoms with E-state index >= 15 is 0 Å². The maximum atomic E-state index is 14.8. The molecule has 1 atom stereocenters. The van der Waals surface area contributed by atoms with Crippen molar-refractivity contribution in [3.05, 3.63) is 116 Å². The smallest absolute Gasteiger partial charge is 0.254 e. The average Bonchev–Trinajstić information content (AvgIpc) is 3.46. The molecule has 2 aliphatic rings. The zero-order valence-electron chi connectivity index (χ0n) is 24.9. The Morgan fingerprint density at radius 1 is 1.02 bits per heavy atom. The standard InChI is InChI=1S/C34H34BrFN4O5/c1-21-32(45-20-38-21)19-44-31-14-24-8-10-39(16-27(24)13-30(31)36)18-29(41)15-37-33(42)25-2-3-26-17-40(11-9-23(26)12-25)34(43)22-4-6-28(35)7-5-22/h2-7,12-14,20,29,41H,8-11,15-19H2,1H3,(H,37,42)/t29-/m0/s1. The molecule has 9 nitrogen and oxygen atoms in total. The molecule has 45 heavy (non-hydrogen) atoms. The van der Waals surface area contributed by atoms with Gasteiger partial charge < -0.3 is 24.5 Å². The third-order valence-corrected chi connectivity index (χ3v) is 8.90. The Bertz CT molecular complexity index is 1710. The number of carbonyl (C=O) groups is 2. The number of oxazole rings is 1. The molecule has 0 spiro atoms. The third-order valence-electron chi connectivity index (χ3n) is 8.38. The van der Waals surface area contributed by atoms with Crippen molar-refractivity contribution in [3.63, 3.8) is 0 Å². The molecule has 1 aromatic heterocycles. The number of aromatic nitrogens is 1. The van der Waals surface area contributed by atoms with Gasteiger partial charge >= 0.3 is 0 Å². The van der Waals surface area contributed by atoms with Crippen molar-refractivity contribution in [3.8, 4) is 5.75 Å². The Labute approximate surface area is 269 Å². The summed E-state index contributed by atoms with van der Waals surface area (Å²) < 4.78 is 26.7. The minimum Gasteiger partial charge on any atom is -0.482 e. The fraction of sp³-hybridized carbons (Fsp3) is 0.324. The molecule has 0 saturated heterocycles. The molecule has 2 amide bonds. The molecule has 0 radical (unpaired) electrons. The first-order chi connectivity index (χ1) is 21.7. The Kier molecular flexibility index (Phi) is 9.29. The van der Waals surface area contributed by atoms with Crippen molar-refractivity contribution >= 4 is 27.7 Å². The van der Waals surface area contributed by atoms with Gasteiger partial charge in [0.05, 0.1) is 11.8 Å². The number of nitrogens with zero attached hydrogens (tertiary/aromatic N) is 3. The first kappa shape index (κ1) is 30.9. The van der Waals surface area contributed by atoms with Crippen LogP contribution in [0.1, 0.15) is 54.4 Å². The maximum absolute atomic E-state index is 14.8. The van der Waals surface area contributed by atoms with Crippen molar-refractivity contribution in [1.82, 2.24) is 20.1 Å². The first-order valence-corrected chi connectivity index (χ1v) is 15.7. The number of aliphatic hydroxyl groups is 1. The Morgan fingerprint density at radius 2 is 1.78 bits per heavy atom. The second-order valence-electron chi connectivity index (χ2n) is 11.5. The number of aryl methyl sites for hydroxylation is 1. The summed E-state index contributed by atoms with van der Waals surface area (Å²) in [5.74, 6) is 0.0101. The van der Waals surface area contributed by atoms with Gasteiger partial charge in [0.2, 0.25) is 0 Å². The first-order valence-electron chi connectivity index (χ1n) is 14.9.